The molecule has 1 N–H and O–H groups in total. The van der Waals surface area contributed by atoms with Gasteiger partial charge in [-0.3, -0.25) is 4.90 Å². The molecule has 3 nitrogen and oxygen atoms in total. The molecular formula is C14H23N3. The lowest BCUT2D eigenvalue weighted by atomic mass is 9.77. The molecule has 0 spiro atoms. The third kappa shape index (κ3) is 2.14. The van der Waals surface area contributed by atoms with Crippen molar-refractivity contribution in [2.45, 2.75) is 25.3 Å². The average Bonchev–Trinajstić information content (AvgIpc) is 2.71. The Balaban J connectivity index is 1.83. The Kier molecular flexibility index (Phi) is 3.21. The van der Waals surface area contributed by atoms with E-state index < -0.39 is 0 Å². The van der Waals surface area contributed by atoms with Crippen molar-refractivity contribution in [2.75, 3.05) is 26.2 Å². The van der Waals surface area contributed by atoms with Gasteiger partial charge in [0.15, 0.2) is 0 Å². The fraction of sp³-hybridized carbons (Fsp3) is 0.714. The van der Waals surface area contributed by atoms with Crippen LogP contribution in [0.15, 0.2) is 18.3 Å². The Labute approximate surface area is 104 Å². The van der Waals surface area contributed by atoms with Crippen LogP contribution >= 0.6 is 0 Å². The second-order valence-corrected chi connectivity index (χ2v) is 5.47. The highest BCUT2D eigenvalue weighted by Crippen LogP contribution is 2.41. The normalized spacial score (nSPS) is 24.5. The molecule has 1 saturated carbocycles. The molecule has 0 radical (unpaired) electrons. The first-order valence-electron chi connectivity index (χ1n) is 6.92. The molecule has 3 heteroatoms. The lowest BCUT2D eigenvalue weighted by molar-refractivity contribution is 0.0790. The second-order valence-electron chi connectivity index (χ2n) is 5.47. The predicted octanol–water partition coefficient (Wildman–Crippen LogP) is 1.77. The van der Waals surface area contributed by atoms with E-state index in [1.165, 1.54) is 38.0 Å². The van der Waals surface area contributed by atoms with Crippen LogP contribution in [0.1, 0.15) is 31.0 Å². The Morgan fingerprint density at radius 2 is 2.06 bits per heavy atom. The summed E-state index contributed by atoms with van der Waals surface area (Å²) in [7, 11) is 2.18. The van der Waals surface area contributed by atoms with E-state index >= 15 is 0 Å². The maximum absolute atomic E-state index is 3.46. The van der Waals surface area contributed by atoms with Crippen molar-refractivity contribution in [3.8, 4) is 0 Å². The number of aromatic nitrogens is 1. The van der Waals surface area contributed by atoms with Crippen molar-refractivity contribution >= 4 is 0 Å². The standard InChI is InChI=1S/C14H23N3/c1-16-9-3-6-13(16)14(12-4-2-5-12)17-10-7-15-8-11-17/h3,6,9,12,14-15H,2,4-5,7-8,10-11H2,1H3/t14-/m1/s1. The van der Waals surface area contributed by atoms with Crippen LogP contribution in [0.4, 0.5) is 0 Å². The molecule has 17 heavy (non-hydrogen) atoms. The van der Waals surface area contributed by atoms with Crippen LogP contribution in [0.2, 0.25) is 0 Å². The van der Waals surface area contributed by atoms with E-state index in [1.54, 1.807) is 0 Å². The van der Waals surface area contributed by atoms with E-state index in [9.17, 15) is 0 Å². The first kappa shape index (κ1) is 11.3. The Hall–Kier alpha value is -0.800. The van der Waals surface area contributed by atoms with Crippen molar-refractivity contribution in [2.24, 2.45) is 13.0 Å². The third-order valence-electron chi connectivity index (χ3n) is 4.43. The van der Waals surface area contributed by atoms with E-state index in [0.717, 1.165) is 19.0 Å². The predicted molar refractivity (Wildman–Crippen MR) is 69.9 cm³/mol. The fourth-order valence-corrected chi connectivity index (χ4v) is 3.22. The van der Waals surface area contributed by atoms with Gasteiger partial charge in [-0.1, -0.05) is 6.42 Å². The number of rotatable bonds is 3. The van der Waals surface area contributed by atoms with E-state index in [-0.39, 0.29) is 0 Å². The quantitative estimate of drug-likeness (QED) is 0.858. The molecule has 1 aromatic heterocycles. The summed E-state index contributed by atoms with van der Waals surface area (Å²) in [5.74, 6) is 0.890. The monoisotopic (exact) mass is 233 g/mol. The maximum Gasteiger partial charge on any atom is 0.0529 e. The topological polar surface area (TPSA) is 20.2 Å². The number of piperazine rings is 1. The van der Waals surface area contributed by atoms with Crippen LogP contribution < -0.4 is 5.32 Å². The summed E-state index contributed by atoms with van der Waals surface area (Å²) in [6.45, 7) is 4.69. The minimum absolute atomic E-state index is 0.658. The smallest absolute Gasteiger partial charge is 0.0529 e. The highest BCUT2D eigenvalue weighted by molar-refractivity contribution is 5.14. The lowest BCUT2D eigenvalue weighted by Gasteiger charge is -2.43. The molecule has 1 aliphatic heterocycles. The highest BCUT2D eigenvalue weighted by atomic mass is 15.2. The second kappa shape index (κ2) is 4.83. The molecule has 0 aromatic carbocycles. The van der Waals surface area contributed by atoms with Gasteiger partial charge in [0.1, 0.15) is 0 Å². The largest absolute Gasteiger partial charge is 0.353 e. The summed E-state index contributed by atoms with van der Waals surface area (Å²) < 4.78 is 2.31. The Morgan fingerprint density at radius 1 is 1.29 bits per heavy atom. The first-order valence-corrected chi connectivity index (χ1v) is 6.92. The van der Waals surface area contributed by atoms with Crippen molar-refractivity contribution in [3.63, 3.8) is 0 Å². The van der Waals surface area contributed by atoms with E-state index in [4.69, 9.17) is 0 Å². The van der Waals surface area contributed by atoms with Gasteiger partial charge in [-0.2, -0.15) is 0 Å². The van der Waals surface area contributed by atoms with Crippen LogP contribution in [0.3, 0.4) is 0 Å². The van der Waals surface area contributed by atoms with Gasteiger partial charge in [0.25, 0.3) is 0 Å². The summed E-state index contributed by atoms with van der Waals surface area (Å²) in [4.78, 5) is 2.69. The molecule has 3 rings (SSSR count). The van der Waals surface area contributed by atoms with Gasteiger partial charge in [-0.05, 0) is 30.9 Å². The van der Waals surface area contributed by atoms with Gasteiger partial charge in [-0.15, -0.1) is 0 Å². The van der Waals surface area contributed by atoms with Crippen LogP contribution in [0.25, 0.3) is 0 Å². The van der Waals surface area contributed by atoms with Gasteiger partial charge < -0.3 is 9.88 Å². The number of hydrogen-bond donors (Lipinski definition) is 1. The molecule has 1 saturated heterocycles. The van der Waals surface area contributed by atoms with Crippen molar-refractivity contribution in [3.05, 3.63) is 24.0 Å². The van der Waals surface area contributed by atoms with Crippen LogP contribution in [-0.4, -0.2) is 35.6 Å². The molecule has 0 bridgehead atoms. The molecular weight excluding hydrogens is 210 g/mol. The Morgan fingerprint density at radius 3 is 2.59 bits per heavy atom. The first-order chi connectivity index (χ1) is 8.36. The summed E-state index contributed by atoms with van der Waals surface area (Å²) in [6, 6.07) is 5.15. The van der Waals surface area contributed by atoms with E-state index in [2.05, 4.69) is 40.2 Å². The molecule has 1 aliphatic carbocycles. The summed E-state index contributed by atoms with van der Waals surface area (Å²) >= 11 is 0. The minimum Gasteiger partial charge on any atom is -0.353 e. The average molecular weight is 233 g/mol. The maximum atomic E-state index is 3.46. The number of hydrogen-bond acceptors (Lipinski definition) is 2. The number of nitrogens with zero attached hydrogens (tertiary/aromatic N) is 2. The Bertz CT molecular complexity index is 361. The number of aryl methyl sites for hydroxylation is 1. The zero-order valence-electron chi connectivity index (χ0n) is 10.7. The molecule has 1 atom stereocenters. The number of nitrogens with one attached hydrogen (secondary N) is 1. The summed E-state index contributed by atoms with van der Waals surface area (Å²) in [5, 5.41) is 3.46. The van der Waals surface area contributed by atoms with Gasteiger partial charge in [-0.25, -0.2) is 0 Å². The minimum atomic E-state index is 0.658. The lowest BCUT2D eigenvalue weighted by Crippen LogP contribution is -2.48. The van der Waals surface area contributed by atoms with Gasteiger partial charge in [0.2, 0.25) is 0 Å². The fourth-order valence-electron chi connectivity index (χ4n) is 3.22. The van der Waals surface area contributed by atoms with Crippen LogP contribution in [0.5, 0.6) is 0 Å². The molecule has 0 amide bonds. The van der Waals surface area contributed by atoms with Crippen molar-refractivity contribution < 1.29 is 0 Å². The third-order valence-corrected chi connectivity index (χ3v) is 4.43. The summed E-state index contributed by atoms with van der Waals surface area (Å²) in [6.07, 6.45) is 6.44. The van der Waals surface area contributed by atoms with E-state index in [1.807, 2.05) is 0 Å². The molecule has 94 valence electrons. The zero-order chi connectivity index (χ0) is 11.7. The van der Waals surface area contributed by atoms with E-state index in [0.29, 0.717) is 6.04 Å². The molecule has 2 aliphatic rings. The van der Waals surface area contributed by atoms with Crippen LogP contribution in [0, 0.1) is 5.92 Å². The van der Waals surface area contributed by atoms with Crippen molar-refractivity contribution in [1.29, 1.82) is 0 Å². The molecule has 2 heterocycles. The van der Waals surface area contributed by atoms with Gasteiger partial charge in [0.05, 0.1) is 6.04 Å². The molecule has 0 unspecified atom stereocenters. The zero-order valence-corrected chi connectivity index (χ0v) is 10.7. The highest BCUT2D eigenvalue weighted by Gasteiger charge is 2.34. The summed E-state index contributed by atoms with van der Waals surface area (Å²) in [5.41, 5.74) is 1.51. The van der Waals surface area contributed by atoms with Gasteiger partial charge in [0, 0.05) is 45.1 Å². The molecule has 2 fully saturated rings. The van der Waals surface area contributed by atoms with Gasteiger partial charge >= 0.3 is 0 Å². The van der Waals surface area contributed by atoms with Crippen molar-refractivity contribution in [1.82, 2.24) is 14.8 Å². The SMILES string of the molecule is Cn1cccc1[C@@H](C1CCC1)N1CCNCC1. The molecule has 1 aromatic rings. The van der Waals surface area contributed by atoms with Crippen LogP contribution in [-0.2, 0) is 7.05 Å².